The summed E-state index contributed by atoms with van der Waals surface area (Å²) in [5.74, 6) is 0.729. The standard InChI is InChI=1S/C10H12BrN5O/c11-7-3-12-9(13-4-7)15-1-2-16-8(6-15)5-14-10(16)17/h3-4,8H,1-2,5-6H2,(H,14,17)/t8-/m0/s1. The SMILES string of the molecule is O=C1NC[C@H]2CN(c3ncc(Br)cn3)CCN12. The summed E-state index contributed by atoms with van der Waals surface area (Å²) in [7, 11) is 0. The number of amides is 2. The zero-order valence-electron chi connectivity index (χ0n) is 9.14. The van der Waals surface area contributed by atoms with E-state index in [0.29, 0.717) is 6.54 Å². The average Bonchev–Trinajstić information content (AvgIpc) is 2.72. The summed E-state index contributed by atoms with van der Waals surface area (Å²) < 4.78 is 0.873. The van der Waals surface area contributed by atoms with E-state index in [1.165, 1.54) is 0 Å². The Morgan fingerprint density at radius 2 is 2.12 bits per heavy atom. The largest absolute Gasteiger partial charge is 0.337 e. The minimum absolute atomic E-state index is 0.0476. The van der Waals surface area contributed by atoms with Crippen LogP contribution in [0.15, 0.2) is 16.9 Å². The van der Waals surface area contributed by atoms with Crippen molar-refractivity contribution in [1.82, 2.24) is 20.2 Å². The highest BCUT2D eigenvalue weighted by Crippen LogP contribution is 2.18. The van der Waals surface area contributed by atoms with Gasteiger partial charge in [0.05, 0.1) is 10.5 Å². The number of hydrogen-bond acceptors (Lipinski definition) is 4. The second kappa shape index (κ2) is 4.14. The molecule has 2 amide bonds. The molecule has 2 aliphatic heterocycles. The topological polar surface area (TPSA) is 61.4 Å². The number of nitrogens with zero attached hydrogens (tertiary/aromatic N) is 4. The number of fused-ring (bicyclic) bond motifs is 1. The Morgan fingerprint density at radius 3 is 2.88 bits per heavy atom. The van der Waals surface area contributed by atoms with Crippen LogP contribution < -0.4 is 10.2 Å². The molecule has 0 spiro atoms. The van der Waals surface area contributed by atoms with Crippen LogP contribution in [-0.2, 0) is 0 Å². The van der Waals surface area contributed by atoms with E-state index in [9.17, 15) is 4.79 Å². The Kier molecular flexibility index (Phi) is 2.62. The number of carbonyl (C=O) groups is 1. The number of nitrogens with one attached hydrogen (secondary N) is 1. The molecule has 0 radical (unpaired) electrons. The second-order valence-electron chi connectivity index (χ2n) is 4.18. The monoisotopic (exact) mass is 297 g/mol. The van der Waals surface area contributed by atoms with Gasteiger partial charge in [-0.05, 0) is 15.9 Å². The first-order valence-corrected chi connectivity index (χ1v) is 6.30. The third kappa shape index (κ3) is 1.95. The van der Waals surface area contributed by atoms with Crippen LogP contribution >= 0.6 is 15.9 Å². The summed E-state index contributed by atoms with van der Waals surface area (Å²) in [6.45, 7) is 3.02. The maximum atomic E-state index is 11.5. The number of aromatic nitrogens is 2. The summed E-state index contributed by atoms with van der Waals surface area (Å²) in [5, 5.41) is 2.85. The molecule has 7 heteroatoms. The fourth-order valence-corrected chi connectivity index (χ4v) is 2.46. The maximum Gasteiger partial charge on any atom is 0.317 e. The minimum Gasteiger partial charge on any atom is -0.337 e. The molecule has 0 bridgehead atoms. The van der Waals surface area contributed by atoms with Crippen molar-refractivity contribution >= 4 is 27.9 Å². The van der Waals surface area contributed by atoms with Crippen molar-refractivity contribution in [3.63, 3.8) is 0 Å². The second-order valence-corrected chi connectivity index (χ2v) is 5.10. The van der Waals surface area contributed by atoms with Gasteiger partial charge in [-0.3, -0.25) is 0 Å². The molecular weight excluding hydrogens is 286 g/mol. The predicted molar refractivity (Wildman–Crippen MR) is 65.8 cm³/mol. The van der Waals surface area contributed by atoms with Crippen LogP contribution in [0.1, 0.15) is 0 Å². The van der Waals surface area contributed by atoms with Gasteiger partial charge in [0.2, 0.25) is 5.95 Å². The van der Waals surface area contributed by atoms with Crippen molar-refractivity contribution in [1.29, 1.82) is 0 Å². The third-order valence-corrected chi connectivity index (χ3v) is 3.53. The molecule has 2 fully saturated rings. The molecule has 1 atom stereocenters. The average molecular weight is 298 g/mol. The molecule has 3 rings (SSSR count). The first-order chi connectivity index (χ1) is 8.24. The lowest BCUT2D eigenvalue weighted by atomic mass is 10.2. The first-order valence-electron chi connectivity index (χ1n) is 5.51. The normalized spacial score (nSPS) is 23.6. The van der Waals surface area contributed by atoms with Gasteiger partial charge in [-0.25, -0.2) is 14.8 Å². The van der Waals surface area contributed by atoms with Gasteiger partial charge < -0.3 is 15.1 Å². The number of halogens is 1. The Bertz CT molecular complexity index is 437. The lowest BCUT2D eigenvalue weighted by Gasteiger charge is -2.36. The molecule has 0 saturated carbocycles. The first kappa shape index (κ1) is 10.8. The number of urea groups is 1. The predicted octanol–water partition coefficient (Wildman–Crippen LogP) is 0.453. The number of hydrogen-bond donors (Lipinski definition) is 1. The van der Waals surface area contributed by atoms with E-state index in [4.69, 9.17) is 0 Å². The summed E-state index contributed by atoms with van der Waals surface area (Å²) in [6, 6.07) is 0.287. The van der Waals surface area contributed by atoms with Crippen LogP contribution in [0, 0.1) is 0 Å². The zero-order valence-corrected chi connectivity index (χ0v) is 10.7. The lowest BCUT2D eigenvalue weighted by molar-refractivity contribution is 0.197. The van der Waals surface area contributed by atoms with Crippen LogP contribution in [0.3, 0.4) is 0 Å². The van der Waals surface area contributed by atoms with Crippen molar-refractivity contribution in [2.24, 2.45) is 0 Å². The summed E-state index contributed by atoms with van der Waals surface area (Å²) in [5.41, 5.74) is 0. The molecule has 3 heterocycles. The van der Waals surface area contributed by atoms with E-state index in [1.807, 2.05) is 4.90 Å². The Hall–Kier alpha value is -1.37. The molecule has 1 aromatic heterocycles. The number of carbonyl (C=O) groups excluding carboxylic acids is 1. The summed E-state index contributed by atoms with van der Waals surface area (Å²) in [4.78, 5) is 24.0. The molecule has 1 aromatic rings. The van der Waals surface area contributed by atoms with Crippen LogP contribution in [0.2, 0.25) is 0 Å². The van der Waals surface area contributed by atoms with Crippen molar-refractivity contribution in [3.05, 3.63) is 16.9 Å². The molecule has 6 nitrogen and oxygen atoms in total. The van der Waals surface area contributed by atoms with Gasteiger partial charge >= 0.3 is 6.03 Å². The van der Waals surface area contributed by atoms with Gasteiger partial charge in [-0.15, -0.1) is 0 Å². The molecule has 2 saturated heterocycles. The highest BCUT2D eigenvalue weighted by atomic mass is 79.9. The molecule has 0 aromatic carbocycles. The summed E-state index contributed by atoms with van der Waals surface area (Å²) in [6.07, 6.45) is 3.49. The molecular formula is C10H12BrN5O. The number of rotatable bonds is 1. The van der Waals surface area contributed by atoms with Crippen LogP contribution in [0.25, 0.3) is 0 Å². The highest BCUT2D eigenvalue weighted by molar-refractivity contribution is 9.10. The fraction of sp³-hybridized carbons (Fsp3) is 0.500. The van der Waals surface area contributed by atoms with E-state index in [1.54, 1.807) is 12.4 Å². The van der Waals surface area contributed by atoms with Crippen molar-refractivity contribution in [2.75, 3.05) is 31.1 Å². The van der Waals surface area contributed by atoms with Crippen molar-refractivity contribution in [3.8, 4) is 0 Å². The fourth-order valence-electron chi connectivity index (χ4n) is 2.25. The van der Waals surface area contributed by atoms with Gasteiger partial charge in [-0.2, -0.15) is 0 Å². The lowest BCUT2D eigenvalue weighted by Crippen LogP contribution is -2.52. The van der Waals surface area contributed by atoms with Gasteiger partial charge in [0.15, 0.2) is 0 Å². The minimum atomic E-state index is 0.0476. The highest BCUT2D eigenvalue weighted by Gasteiger charge is 2.35. The Balaban J connectivity index is 1.75. The smallest absolute Gasteiger partial charge is 0.317 e. The Labute approximate surface area is 107 Å². The number of anilines is 1. The third-order valence-electron chi connectivity index (χ3n) is 3.12. The van der Waals surface area contributed by atoms with E-state index in [-0.39, 0.29) is 12.1 Å². The van der Waals surface area contributed by atoms with E-state index < -0.39 is 0 Å². The van der Waals surface area contributed by atoms with Gasteiger partial charge in [-0.1, -0.05) is 0 Å². The van der Waals surface area contributed by atoms with Crippen molar-refractivity contribution < 1.29 is 4.79 Å². The van der Waals surface area contributed by atoms with Gasteiger partial charge in [0.1, 0.15) is 0 Å². The molecule has 1 N–H and O–H groups in total. The van der Waals surface area contributed by atoms with E-state index in [2.05, 4.69) is 36.1 Å². The van der Waals surface area contributed by atoms with Gasteiger partial charge in [0, 0.05) is 38.6 Å². The number of piperazine rings is 1. The molecule has 2 aliphatic rings. The maximum absolute atomic E-state index is 11.5. The van der Waals surface area contributed by atoms with Gasteiger partial charge in [0.25, 0.3) is 0 Å². The molecule has 0 unspecified atom stereocenters. The van der Waals surface area contributed by atoms with Crippen LogP contribution in [0.5, 0.6) is 0 Å². The molecule has 17 heavy (non-hydrogen) atoms. The molecule has 90 valence electrons. The van der Waals surface area contributed by atoms with Crippen molar-refractivity contribution in [2.45, 2.75) is 6.04 Å². The van der Waals surface area contributed by atoms with E-state index >= 15 is 0 Å². The van der Waals surface area contributed by atoms with E-state index in [0.717, 1.165) is 30.1 Å². The van der Waals surface area contributed by atoms with Crippen LogP contribution in [0.4, 0.5) is 10.7 Å². The van der Waals surface area contributed by atoms with Crippen LogP contribution in [-0.4, -0.2) is 53.1 Å². The molecule has 0 aliphatic carbocycles. The zero-order chi connectivity index (χ0) is 11.8. The quantitative estimate of drug-likeness (QED) is 0.818. The summed E-state index contributed by atoms with van der Waals surface area (Å²) >= 11 is 3.32. The Morgan fingerprint density at radius 1 is 1.35 bits per heavy atom.